The van der Waals surface area contributed by atoms with Crippen LogP contribution in [0.4, 0.5) is 5.82 Å². The van der Waals surface area contributed by atoms with Crippen molar-refractivity contribution >= 4 is 22.7 Å². The molecule has 24 heavy (non-hydrogen) atoms. The number of aromatic nitrogens is 1. The lowest BCUT2D eigenvalue weighted by Gasteiger charge is -2.33. The minimum Gasteiger partial charge on any atom is -0.464 e. The van der Waals surface area contributed by atoms with Gasteiger partial charge in [-0.3, -0.25) is 4.79 Å². The Morgan fingerprint density at radius 3 is 2.75 bits per heavy atom. The quantitative estimate of drug-likeness (QED) is 0.936. The number of carbonyl (C=O) groups excluding carboxylic acids is 1. The predicted octanol–water partition coefficient (Wildman–Crippen LogP) is 2.34. The van der Waals surface area contributed by atoms with Crippen molar-refractivity contribution in [2.24, 2.45) is 5.92 Å². The molecular formula is C18H23N3O3. The second-order valence-electron chi connectivity index (χ2n) is 6.62. The number of amides is 1. The van der Waals surface area contributed by atoms with E-state index in [4.69, 9.17) is 9.15 Å². The van der Waals surface area contributed by atoms with E-state index in [0.717, 1.165) is 68.8 Å². The molecule has 0 bridgehead atoms. The third kappa shape index (κ3) is 3.11. The molecule has 0 aromatic carbocycles. The van der Waals surface area contributed by atoms with E-state index in [1.165, 1.54) is 0 Å². The molecule has 2 aliphatic rings. The van der Waals surface area contributed by atoms with Crippen LogP contribution >= 0.6 is 0 Å². The topological polar surface area (TPSA) is 67.6 Å². The number of hydrogen-bond acceptors (Lipinski definition) is 5. The van der Waals surface area contributed by atoms with Crippen molar-refractivity contribution < 1.29 is 13.9 Å². The summed E-state index contributed by atoms with van der Waals surface area (Å²) in [4.78, 5) is 19.3. The lowest BCUT2D eigenvalue weighted by molar-refractivity contribution is -0.126. The van der Waals surface area contributed by atoms with E-state index in [2.05, 4.69) is 15.2 Å². The van der Waals surface area contributed by atoms with Gasteiger partial charge in [-0.15, -0.1) is 0 Å². The van der Waals surface area contributed by atoms with Crippen molar-refractivity contribution in [3.63, 3.8) is 0 Å². The van der Waals surface area contributed by atoms with Gasteiger partial charge in [-0.05, 0) is 37.8 Å². The fourth-order valence-electron chi connectivity index (χ4n) is 3.65. The molecule has 1 amide bonds. The molecule has 2 saturated heterocycles. The molecule has 2 fully saturated rings. The standard InChI is InChI=1S/C18H23N3O3/c22-18(20-14-4-10-23-11-5-14)13-2-8-21(9-3-13)17-15-6-12-24-16(15)1-7-19-17/h1,6-7,12-14H,2-5,8-11H2,(H,20,22). The molecule has 0 atom stereocenters. The maximum Gasteiger partial charge on any atom is 0.223 e. The molecule has 2 aromatic heterocycles. The summed E-state index contributed by atoms with van der Waals surface area (Å²) in [5.74, 6) is 1.27. The van der Waals surface area contributed by atoms with Crippen LogP contribution in [0.5, 0.6) is 0 Å². The van der Waals surface area contributed by atoms with Crippen molar-refractivity contribution in [1.82, 2.24) is 10.3 Å². The maximum absolute atomic E-state index is 12.5. The van der Waals surface area contributed by atoms with Crippen LogP contribution < -0.4 is 10.2 Å². The molecule has 0 unspecified atom stereocenters. The number of pyridine rings is 1. The van der Waals surface area contributed by atoms with Gasteiger partial charge in [0.05, 0.1) is 11.6 Å². The SMILES string of the molecule is O=C(NC1CCOCC1)C1CCN(c2nccc3occc23)CC1. The fourth-order valence-corrected chi connectivity index (χ4v) is 3.65. The molecule has 4 heterocycles. The average Bonchev–Trinajstić information content (AvgIpc) is 3.11. The third-order valence-corrected chi connectivity index (χ3v) is 5.09. The van der Waals surface area contributed by atoms with Crippen LogP contribution in [0.1, 0.15) is 25.7 Å². The van der Waals surface area contributed by atoms with Crippen LogP contribution in [-0.4, -0.2) is 43.2 Å². The number of furan rings is 1. The molecule has 1 N–H and O–H groups in total. The monoisotopic (exact) mass is 329 g/mol. The van der Waals surface area contributed by atoms with Crippen molar-refractivity contribution in [2.45, 2.75) is 31.7 Å². The maximum atomic E-state index is 12.5. The molecule has 0 radical (unpaired) electrons. The van der Waals surface area contributed by atoms with Gasteiger partial charge in [0.15, 0.2) is 0 Å². The van der Waals surface area contributed by atoms with E-state index in [9.17, 15) is 4.79 Å². The summed E-state index contributed by atoms with van der Waals surface area (Å²) in [7, 11) is 0. The van der Waals surface area contributed by atoms with Crippen LogP contribution in [0, 0.1) is 5.92 Å². The second-order valence-corrected chi connectivity index (χ2v) is 6.62. The molecular weight excluding hydrogens is 306 g/mol. The predicted molar refractivity (Wildman–Crippen MR) is 90.9 cm³/mol. The van der Waals surface area contributed by atoms with Gasteiger partial charge in [-0.1, -0.05) is 0 Å². The number of nitrogens with zero attached hydrogens (tertiary/aromatic N) is 2. The van der Waals surface area contributed by atoms with E-state index >= 15 is 0 Å². The zero-order chi connectivity index (χ0) is 16.4. The summed E-state index contributed by atoms with van der Waals surface area (Å²) in [6, 6.07) is 4.12. The molecule has 0 saturated carbocycles. The fraction of sp³-hybridized carbons (Fsp3) is 0.556. The Hall–Kier alpha value is -2.08. The number of hydrogen-bond donors (Lipinski definition) is 1. The van der Waals surface area contributed by atoms with E-state index < -0.39 is 0 Å². The largest absolute Gasteiger partial charge is 0.464 e. The highest BCUT2D eigenvalue weighted by atomic mass is 16.5. The lowest BCUT2D eigenvalue weighted by Crippen LogP contribution is -2.45. The van der Waals surface area contributed by atoms with Gasteiger partial charge in [-0.25, -0.2) is 4.98 Å². The summed E-state index contributed by atoms with van der Waals surface area (Å²) in [5, 5.41) is 4.24. The highest BCUT2D eigenvalue weighted by molar-refractivity contribution is 5.88. The van der Waals surface area contributed by atoms with Crippen molar-refractivity contribution in [3.05, 3.63) is 24.6 Å². The molecule has 2 aromatic rings. The van der Waals surface area contributed by atoms with Crippen LogP contribution in [0.3, 0.4) is 0 Å². The Bertz CT molecular complexity index is 700. The zero-order valence-electron chi connectivity index (χ0n) is 13.7. The lowest BCUT2D eigenvalue weighted by atomic mass is 9.95. The Morgan fingerprint density at radius 2 is 1.96 bits per heavy atom. The molecule has 6 heteroatoms. The highest BCUT2D eigenvalue weighted by Crippen LogP contribution is 2.29. The van der Waals surface area contributed by atoms with Crippen molar-refractivity contribution in [1.29, 1.82) is 0 Å². The van der Waals surface area contributed by atoms with Crippen LogP contribution in [0.25, 0.3) is 11.0 Å². The van der Waals surface area contributed by atoms with Gasteiger partial charge in [0.25, 0.3) is 0 Å². The van der Waals surface area contributed by atoms with Crippen LogP contribution in [0.15, 0.2) is 29.0 Å². The van der Waals surface area contributed by atoms with Crippen LogP contribution in [0.2, 0.25) is 0 Å². The summed E-state index contributed by atoms with van der Waals surface area (Å²) >= 11 is 0. The number of carbonyl (C=O) groups is 1. The first-order chi connectivity index (χ1) is 11.8. The Labute approximate surface area is 141 Å². The first-order valence-corrected chi connectivity index (χ1v) is 8.76. The normalized spacial score (nSPS) is 20.4. The summed E-state index contributed by atoms with van der Waals surface area (Å²) in [6.45, 7) is 3.21. The Balaban J connectivity index is 1.36. The summed E-state index contributed by atoms with van der Waals surface area (Å²) in [6.07, 6.45) is 7.07. The van der Waals surface area contributed by atoms with Crippen LogP contribution in [-0.2, 0) is 9.53 Å². The van der Waals surface area contributed by atoms with E-state index in [-0.39, 0.29) is 17.9 Å². The molecule has 4 rings (SSSR count). The molecule has 0 spiro atoms. The van der Waals surface area contributed by atoms with Gasteiger partial charge in [0, 0.05) is 44.5 Å². The number of ether oxygens (including phenoxy) is 1. The number of nitrogens with one attached hydrogen (secondary N) is 1. The second kappa shape index (κ2) is 6.81. The van der Waals surface area contributed by atoms with Gasteiger partial charge < -0.3 is 19.4 Å². The Morgan fingerprint density at radius 1 is 1.17 bits per heavy atom. The van der Waals surface area contributed by atoms with E-state index in [0.29, 0.717) is 0 Å². The van der Waals surface area contributed by atoms with E-state index in [1.807, 2.05) is 12.1 Å². The average molecular weight is 329 g/mol. The van der Waals surface area contributed by atoms with Gasteiger partial charge in [0.2, 0.25) is 5.91 Å². The minimum absolute atomic E-state index is 0.104. The van der Waals surface area contributed by atoms with Gasteiger partial charge in [0.1, 0.15) is 11.4 Å². The van der Waals surface area contributed by atoms with Gasteiger partial charge in [-0.2, -0.15) is 0 Å². The first kappa shape index (κ1) is 15.4. The minimum atomic E-state index is 0.104. The molecule has 0 aliphatic carbocycles. The summed E-state index contributed by atoms with van der Waals surface area (Å²) < 4.78 is 10.8. The number of fused-ring (bicyclic) bond motifs is 1. The number of piperidine rings is 1. The molecule has 6 nitrogen and oxygen atoms in total. The van der Waals surface area contributed by atoms with Crippen molar-refractivity contribution in [3.8, 4) is 0 Å². The van der Waals surface area contributed by atoms with Crippen molar-refractivity contribution in [2.75, 3.05) is 31.2 Å². The smallest absolute Gasteiger partial charge is 0.223 e. The highest BCUT2D eigenvalue weighted by Gasteiger charge is 2.28. The Kier molecular flexibility index (Phi) is 4.38. The third-order valence-electron chi connectivity index (χ3n) is 5.09. The zero-order valence-corrected chi connectivity index (χ0v) is 13.7. The number of rotatable bonds is 3. The van der Waals surface area contributed by atoms with Gasteiger partial charge >= 0.3 is 0 Å². The van der Waals surface area contributed by atoms with E-state index in [1.54, 1.807) is 12.5 Å². The first-order valence-electron chi connectivity index (χ1n) is 8.76. The molecule has 128 valence electrons. The number of anilines is 1. The summed E-state index contributed by atoms with van der Waals surface area (Å²) in [5.41, 5.74) is 0.861. The molecule has 2 aliphatic heterocycles.